The van der Waals surface area contributed by atoms with Crippen molar-refractivity contribution in [2.24, 2.45) is 4.99 Å². The Kier molecular flexibility index (Phi) is 3.02. The van der Waals surface area contributed by atoms with E-state index < -0.39 is 18.0 Å². The van der Waals surface area contributed by atoms with Gasteiger partial charge in [-0.25, -0.2) is 13.8 Å². The lowest BCUT2D eigenvalue weighted by molar-refractivity contribution is -0.120. The Morgan fingerprint density at radius 2 is 1.85 bits per heavy atom. The molecule has 100 valence electrons. The van der Waals surface area contributed by atoms with E-state index in [1.807, 2.05) is 6.07 Å². The van der Waals surface area contributed by atoms with Crippen molar-refractivity contribution in [3.63, 3.8) is 0 Å². The first kappa shape index (κ1) is 12.5. The smallest absolute Gasteiger partial charge is 0.281 e. The number of hydrogen-bond donors (Lipinski definition) is 1. The van der Waals surface area contributed by atoms with Crippen molar-refractivity contribution in [3.8, 4) is 0 Å². The Hall–Kier alpha value is -2.56. The minimum Gasteiger partial charge on any atom is -0.321 e. The van der Waals surface area contributed by atoms with Gasteiger partial charge in [-0.05, 0) is 18.2 Å². The van der Waals surface area contributed by atoms with Crippen molar-refractivity contribution in [2.45, 2.75) is 6.30 Å². The van der Waals surface area contributed by atoms with E-state index in [1.165, 1.54) is 18.2 Å². The second-order valence-corrected chi connectivity index (χ2v) is 4.36. The van der Waals surface area contributed by atoms with E-state index in [-0.39, 0.29) is 5.71 Å². The SMILES string of the molecule is O=C1Nc2ccc(F)cc2C(c2ccccc2)=NC1F. The zero-order valence-corrected chi connectivity index (χ0v) is 10.3. The summed E-state index contributed by atoms with van der Waals surface area (Å²) < 4.78 is 27.2. The van der Waals surface area contributed by atoms with Crippen LogP contribution < -0.4 is 5.32 Å². The van der Waals surface area contributed by atoms with Crippen molar-refractivity contribution in [1.29, 1.82) is 0 Å². The predicted octanol–water partition coefficient (Wildman–Crippen LogP) is 2.91. The standard InChI is InChI=1S/C15H10F2N2O/c16-10-6-7-12-11(8-10)13(9-4-2-1-3-5-9)19-14(17)15(20)18-12/h1-8,14H,(H,18,20). The van der Waals surface area contributed by atoms with Crippen LogP contribution in [0.25, 0.3) is 0 Å². The average Bonchev–Trinajstić information content (AvgIpc) is 2.58. The molecule has 1 aliphatic heterocycles. The topological polar surface area (TPSA) is 41.5 Å². The molecule has 0 aliphatic carbocycles. The molecule has 0 saturated carbocycles. The Morgan fingerprint density at radius 3 is 2.60 bits per heavy atom. The van der Waals surface area contributed by atoms with Gasteiger partial charge in [0.1, 0.15) is 5.82 Å². The zero-order chi connectivity index (χ0) is 14.1. The van der Waals surface area contributed by atoms with Gasteiger partial charge in [-0.1, -0.05) is 30.3 Å². The first-order chi connectivity index (χ1) is 9.65. The molecule has 0 radical (unpaired) electrons. The normalized spacial score (nSPS) is 17.8. The highest BCUT2D eigenvalue weighted by Crippen LogP contribution is 2.25. The fraction of sp³-hybridized carbons (Fsp3) is 0.0667. The number of benzene rings is 2. The molecular formula is C15H10F2N2O. The number of carbonyl (C=O) groups is 1. The lowest BCUT2D eigenvalue weighted by Gasteiger charge is -2.09. The van der Waals surface area contributed by atoms with Crippen LogP contribution in [0.2, 0.25) is 0 Å². The van der Waals surface area contributed by atoms with Gasteiger partial charge in [0.15, 0.2) is 0 Å². The molecule has 20 heavy (non-hydrogen) atoms. The Morgan fingerprint density at radius 1 is 1.10 bits per heavy atom. The summed E-state index contributed by atoms with van der Waals surface area (Å²) in [5, 5.41) is 2.40. The number of amides is 1. The van der Waals surface area contributed by atoms with Crippen LogP contribution in [0.5, 0.6) is 0 Å². The first-order valence-electron chi connectivity index (χ1n) is 6.03. The largest absolute Gasteiger partial charge is 0.321 e. The number of hydrogen-bond acceptors (Lipinski definition) is 2. The van der Waals surface area contributed by atoms with Crippen LogP contribution in [-0.2, 0) is 4.79 Å². The molecule has 5 heteroatoms. The summed E-state index contributed by atoms with van der Waals surface area (Å²) in [6.07, 6.45) is -2.01. The Bertz CT molecular complexity index is 698. The molecule has 0 fully saturated rings. The maximum absolute atomic E-state index is 13.7. The van der Waals surface area contributed by atoms with E-state index >= 15 is 0 Å². The molecule has 2 aromatic carbocycles. The number of rotatable bonds is 1. The van der Waals surface area contributed by atoms with Crippen molar-refractivity contribution in [2.75, 3.05) is 5.32 Å². The summed E-state index contributed by atoms with van der Waals surface area (Å²) in [6.45, 7) is 0. The molecular weight excluding hydrogens is 262 g/mol. The van der Waals surface area contributed by atoms with Crippen molar-refractivity contribution >= 4 is 17.3 Å². The quantitative estimate of drug-likeness (QED) is 0.797. The van der Waals surface area contributed by atoms with E-state index in [0.29, 0.717) is 16.8 Å². The third-order valence-corrected chi connectivity index (χ3v) is 3.00. The van der Waals surface area contributed by atoms with Crippen molar-refractivity contribution < 1.29 is 13.6 Å². The summed E-state index contributed by atoms with van der Waals surface area (Å²) in [7, 11) is 0. The Balaban J connectivity index is 2.23. The third-order valence-electron chi connectivity index (χ3n) is 3.00. The summed E-state index contributed by atoms with van der Waals surface area (Å²) in [5.41, 5.74) is 1.59. The van der Waals surface area contributed by atoms with Gasteiger partial charge in [-0.15, -0.1) is 0 Å². The molecule has 1 atom stereocenters. The number of anilines is 1. The predicted molar refractivity (Wildman–Crippen MR) is 72.0 cm³/mol. The molecule has 0 saturated heterocycles. The van der Waals surface area contributed by atoms with Gasteiger partial charge in [0.25, 0.3) is 12.2 Å². The number of benzodiazepines with no additional fused rings is 1. The Labute approximate surface area is 114 Å². The number of nitrogens with one attached hydrogen (secondary N) is 1. The van der Waals surface area contributed by atoms with Crippen LogP contribution in [0.4, 0.5) is 14.5 Å². The lowest BCUT2D eigenvalue weighted by atomic mass is 10.0. The van der Waals surface area contributed by atoms with Crippen molar-refractivity contribution in [1.82, 2.24) is 0 Å². The van der Waals surface area contributed by atoms with Gasteiger partial charge in [0.2, 0.25) is 0 Å². The summed E-state index contributed by atoms with van der Waals surface area (Å²) in [6, 6.07) is 12.7. The van der Waals surface area contributed by atoms with Gasteiger partial charge in [-0.2, -0.15) is 0 Å². The van der Waals surface area contributed by atoms with Gasteiger partial charge in [0.05, 0.1) is 11.4 Å². The van der Waals surface area contributed by atoms with Crippen LogP contribution in [0.15, 0.2) is 53.5 Å². The highest BCUT2D eigenvalue weighted by atomic mass is 19.1. The molecule has 1 N–H and O–H groups in total. The molecule has 0 aromatic heterocycles. The average molecular weight is 272 g/mol. The minimum absolute atomic E-state index is 0.256. The molecule has 0 spiro atoms. The van der Waals surface area contributed by atoms with Gasteiger partial charge in [-0.3, -0.25) is 4.79 Å². The number of aliphatic imine (C=N–C) groups is 1. The highest BCUT2D eigenvalue weighted by Gasteiger charge is 2.25. The fourth-order valence-corrected chi connectivity index (χ4v) is 2.08. The second kappa shape index (κ2) is 4.85. The van der Waals surface area contributed by atoms with Gasteiger partial charge < -0.3 is 5.32 Å². The molecule has 3 nitrogen and oxygen atoms in total. The number of alkyl halides is 1. The molecule has 2 aromatic rings. The third kappa shape index (κ3) is 2.18. The van der Waals surface area contributed by atoms with Gasteiger partial charge in [0, 0.05) is 11.1 Å². The van der Waals surface area contributed by atoms with Crippen LogP contribution in [0.3, 0.4) is 0 Å². The summed E-state index contributed by atoms with van der Waals surface area (Å²) in [4.78, 5) is 15.3. The maximum Gasteiger partial charge on any atom is 0.281 e. The fourth-order valence-electron chi connectivity index (χ4n) is 2.08. The molecule has 3 rings (SSSR count). The molecule has 0 bridgehead atoms. The second-order valence-electron chi connectivity index (χ2n) is 4.36. The van der Waals surface area contributed by atoms with E-state index in [0.717, 1.165) is 0 Å². The zero-order valence-electron chi connectivity index (χ0n) is 10.3. The van der Waals surface area contributed by atoms with E-state index in [2.05, 4.69) is 10.3 Å². The molecule has 1 heterocycles. The first-order valence-corrected chi connectivity index (χ1v) is 6.03. The minimum atomic E-state index is -2.01. The van der Waals surface area contributed by atoms with E-state index in [1.54, 1.807) is 24.3 Å². The summed E-state index contributed by atoms with van der Waals surface area (Å²) in [5.74, 6) is -1.33. The number of nitrogens with zero attached hydrogens (tertiary/aromatic N) is 1. The van der Waals surface area contributed by atoms with Crippen LogP contribution in [0, 0.1) is 5.82 Å². The van der Waals surface area contributed by atoms with Crippen molar-refractivity contribution in [3.05, 3.63) is 65.5 Å². The lowest BCUT2D eigenvalue weighted by Crippen LogP contribution is -2.21. The van der Waals surface area contributed by atoms with E-state index in [9.17, 15) is 13.6 Å². The van der Waals surface area contributed by atoms with Crippen LogP contribution in [0.1, 0.15) is 11.1 Å². The van der Waals surface area contributed by atoms with Crippen LogP contribution in [-0.4, -0.2) is 17.9 Å². The monoisotopic (exact) mass is 272 g/mol. The van der Waals surface area contributed by atoms with E-state index in [4.69, 9.17) is 0 Å². The van der Waals surface area contributed by atoms with Gasteiger partial charge >= 0.3 is 0 Å². The maximum atomic E-state index is 13.7. The number of fused-ring (bicyclic) bond motifs is 1. The number of carbonyl (C=O) groups excluding carboxylic acids is 1. The molecule has 1 unspecified atom stereocenters. The molecule has 1 aliphatic rings. The summed E-state index contributed by atoms with van der Waals surface area (Å²) >= 11 is 0. The number of halogens is 2. The highest BCUT2D eigenvalue weighted by molar-refractivity contribution is 6.19. The molecule has 1 amide bonds. The van der Waals surface area contributed by atoms with Crippen LogP contribution >= 0.6 is 0 Å².